The van der Waals surface area contributed by atoms with Gasteiger partial charge in [-0.25, -0.2) is 9.48 Å². The molecule has 0 fully saturated rings. The van der Waals surface area contributed by atoms with E-state index in [0.717, 1.165) is 30.1 Å². The molecule has 0 saturated heterocycles. The number of hydrazone groups is 1. The van der Waals surface area contributed by atoms with Crippen LogP contribution in [0.3, 0.4) is 0 Å². The van der Waals surface area contributed by atoms with Gasteiger partial charge in [0.25, 0.3) is 0 Å². The molecule has 8 heteroatoms. The minimum Gasteiger partial charge on any atom is -0.423 e. The zero-order chi connectivity index (χ0) is 17.9. The summed E-state index contributed by atoms with van der Waals surface area (Å²) in [5, 5.41) is 17.4. The fraction of sp³-hybridized carbons (Fsp3) is 0.167. The monoisotopic (exact) mass is 348 g/mol. The van der Waals surface area contributed by atoms with E-state index in [1.807, 2.05) is 24.1 Å². The van der Waals surface area contributed by atoms with Gasteiger partial charge in [0.05, 0.1) is 16.9 Å². The van der Waals surface area contributed by atoms with Crippen LogP contribution >= 0.6 is 0 Å². The van der Waals surface area contributed by atoms with Crippen molar-refractivity contribution in [3.63, 3.8) is 0 Å². The average molecular weight is 348 g/mol. The van der Waals surface area contributed by atoms with Gasteiger partial charge < -0.3 is 4.74 Å². The summed E-state index contributed by atoms with van der Waals surface area (Å²) in [6, 6.07) is 14.2. The molecule has 0 unspecified atom stereocenters. The first-order chi connectivity index (χ1) is 12.7. The maximum atomic E-state index is 12.3. The lowest BCUT2D eigenvalue weighted by molar-refractivity contribution is 0.0735. The standard InChI is InChI=1S/C18H16N6O2/c1-13-10-11-23(20-13)15-4-2-14(3-5-15)18(25)26-17-8-6-16(7-9-17)24-12-19-21-22-24/h2-9,12H,10-11H2,1H3. The molecule has 0 radical (unpaired) electrons. The second-order valence-corrected chi connectivity index (χ2v) is 5.89. The number of rotatable bonds is 4. The summed E-state index contributed by atoms with van der Waals surface area (Å²) in [5.74, 6) is 0.0449. The number of hydrogen-bond acceptors (Lipinski definition) is 7. The fourth-order valence-corrected chi connectivity index (χ4v) is 2.64. The Bertz CT molecular complexity index is 933. The third kappa shape index (κ3) is 3.30. The Hall–Kier alpha value is -3.55. The minimum atomic E-state index is -0.409. The maximum Gasteiger partial charge on any atom is 0.343 e. The number of esters is 1. The van der Waals surface area contributed by atoms with Gasteiger partial charge in [0.15, 0.2) is 0 Å². The molecule has 1 aliphatic rings. The van der Waals surface area contributed by atoms with E-state index in [1.165, 1.54) is 11.0 Å². The number of hydrogen-bond donors (Lipinski definition) is 0. The first-order valence-corrected chi connectivity index (χ1v) is 8.16. The van der Waals surface area contributed by atoms with Gasteiger partial charge in [0.2, 0.25) is 0 Å². The van der Waals surface area contributed by atoms with Crippen molar-refractivity contribution in [3.8, 4) is 11.4 Å². The minimum absolute atomic E-state index is 0.409. The van der Waals surface area contributed by atoms with Gasteiger partial charge in [0.1, 0.15) is 12.1 Å². The molecule has 4 rings (SSSR count). The van der Waals surface area contributed by atoms with E-state index in [4.69, 9.17) is 4.74 Å². The molecule has 1 aromatic heterocycles. The quantitative estimate of drug-likeness (QED) is 0.532. The number of ether oxygens (including phenoxy) is 1. The molecular formula is C18H16N6O2. The fourth-order valence-electron chi connectivity index (χ4n) is 2.64. The van der Waals surface area contributed by atoms with Crippen LogP contribution < -0.4 is 9.75 Å². The number of nitrogens with zero attached hydrogens (tertiary/aromatic N) is 6. The summed E-state index contributed by atoms with van der Waals surface area (Å²) < 4.78 is 6.93. The number of aromatic nitrogens is 4. The van der Waals surface area contributed by atoms with Gasteiger partial charge >= 0.3 is 5.97 Å². The highest BCUT2D eigenvalue weighted by Gasteiger charge is 2.14. The highest BCUT2D eigenvalue weighted by molar-refractivity contribution is 5.91. The van der Waals surface area contributed by atoms with Gasteiger partial charge in [-0.05, 0) is 65.9 Å². The van der Waals surface area contributed by atoms with E-state index >= 15 is 0 Å². The van der Waals surface area contributed by atoms with Crippen molar-refractivity contribution in [1.29, 1.82) is 0 Å². The SMILES string of the molecule is CC1=NN(c2ccc(C(=O)Oc3ccc(-n4cnnn4)cc3)cc2)CC1. The van der Waals surface area contributed by atoms with Gasteiger partial charge in [-0.3, -0.25) is 5.01 Å². The van der Waals surface area contributed by atoms with E-state index in [0.29, 0.717) is 11.3 Å². The summed E-state index contributed by atoms with van der Waals surface area (Å²) in [7, 11) is 0. The van der Waals surface area contributed by atoms with Crippen molar-refractivity contribution in [2.45, 2.75) is 13.3 Å². The van der Waals surface area contributed by atoms with Gasteiger partial charge in [-0.1, -0.05) is 0 Å². The Morgan fingerprint density at radius 2 is 1.77 bits per heavy atom. The number of benzene rings is 2. The molecule has 0 atom stereocenters. The molecule has 3 aromatic rings. The predicted molar refractivity (Wildman–Crippen MR) is 95.6 cm³/mol. The summed E-state index contributed by atoms with van der Waals surface area (Å²) in [6.07, 6.45) is 2.46. The lowest BCUT2D eigenvalue weighted by Gasteiger charge is -2.13. The smallest absolute Gasteiger partial charge is 0.343 e. The second-order valence-electron chi connectivity index (χ2n) is 5.89. The Kier molecular flexibility index (Phi) is 4.14. The van der Waals surface area contributed by atoms with Crippen LogP contribution in [0.5, 0.6) is 5.75 Å². The van der Waals surface area contributed by atoms with Crippen molar-refractivity contribution in [1.82, 2.24) is 20.2 Å². The average Bonchev–Trinajstić information content (AvgIpc) is 3.34. The highest BCUT2D eigenvalue weighted by atomic mass is 16.5. The largest absolute Gasteiger partial charge is 0.423 e. The maximum absolute atomic E-state index is 12.3. The molecule has 0 saturated carbocycles. The summed E-state index contributed by atoms with van der Waals surface area (Å²) in [6.45, 7) is 2.87. The van der Waals surface area contributed by atoms with Crippen LogP contribution in [0.4, 0.5) is 5.69 Å². The first kappa shape index (κ1) is 15.9. The lowest BCUT2D eigenvalue weighted by Crippen LogP contribution is -2.13. The van der Waals surface area contributed by atoms with Crippen LogP contribution in [0.1, 0.15) is 23.7 Å². The van der Waals surface area contributed by atoms with Crippen molar-refractivity contribution in [2.75, 3.05) is 11.6 Å². The zero-order valence-electron chi connectivity index (χ0n) is 14.1. The van der Waals surface area contributed by atoms with Gasteiger partial charge in [-0.2, -0.15) is 5.10 Å². The van der Waals surface area contributed by atoms with Crippen LogP contribution in [0.15, 0.2) is 60.0 Å². The van der Waals surface area contributed by atoms with Crippen LogP contribution in [0, 0.1) is 0 Å². The van der Waals surface area contributed by atoms with E-state index in [1.54, 1.807) is 36.4 Å². The van der Waals surface area contributed by atoms with E-state index < -0.39 is 5.97 Å². The predicted octanol–water partition coefficient (Wildman–Crippen LogP) is 2.47. The number of tetrazole rings is 1. The Labute approximate surface area is 149 Å². The van der Waals surface area contributed by atoms with Crippen molar-refractivity contribution in [2.24, 2.45) is 5.10 Å². The Balaban J connectivity index is 1.43. The second kappa shape index (κ2) is 6.75. The summed E-state index contributed by atoms with van der Waals surface area (Å²) in [5.41, 5.74) is 3.33. The first-order valence-electron chi connectivity index (χ1n) is 8.16. The van der Waals surface area contributed by atoms with Crippen LogP contribution in [0.2, 0.25) is 0 Å². The Morgan fingerprint density at radius 1 is 1.04 bits per heavy atom. The summed E-state index contributed by atoms with van der Waals surface area (Å²) >= 11 is 0. The number of carbonyl (C=O) groups excluding carboxylic acids is 1. The molecule has 2 heterocycles. The lowest BCUT2D eigenvalue weighted by atomic mass is 10.2. The summed E-state index contributed by atoms with van der Waals surface area (Å²) in [4.78, 5) is 12.3. The van der Waals surface area contributed by atoms with E-state index in [9.17, 15) is 4.79 Å². The normalized spacial score (nSPS) is 13.6. The number of anilines is 1. The zero-order valence-corrected chi connectivity index (χ0v) is 14.1. The van der Waals surface area contributed by atoms with Crippen molar-refractivity contribution in [3.05, 3.63) is 60.4 Å². The molecule has 130 valence electrons. The topological polar surface area (TPSA) is 85.5 Å². The molecule has 0 amide bonds. The molecule has 0 N–H and O–H groups in total. The Morgan fingerprint density at radius 3 is 2.38 bits per heavy atom. The van der Waals surface area contributed by atoms with Crippen molar-refractivity contribution >= 4 is 17.4 Å². The van der Waals surface area contributed by atoms with Crippen LogP contribution in [-0.4, -0.2) is 38.4 Å². The number of carbonyl (C=O) groups is 1. The molecule has 0 aliphatic carbocycles. The molecule has 8 nitrogen and oxygen atoms in total. The third-order valence-electron chi connectivity index (χ3n) is 4.04. The van der Waals surface area contributed by atoms with Crippen LogP contribution in [-0.2, 0) is 0 Å². The molecular weight excluding hydrogens is 332 g/mol. The molecule has 0 bridgehead atoms. The molecule has 26 heavy (non-hydrogen) atoms. The molecule has 1 aliphatic heterocycles. The van der Waals surface area contributed by atoms with Crippen LogP contribution in [0.25, 0.3) is 5.69 Å². The van der Waals surface area contributed by atoms with E-state index in [-0.39, 0.29) is 0 Å². The molecule has 0 spiro atoms. The highest BCUT2D eigenvalue weighted by Crippen LogP contribution is 2.21. The van der Waals surface area contributed by atoms with Crippen molar-refractivity contribution < 1.29 is 9.53 Å². The molecule has 2 aromatic carbocycles. The third-order valence-corrected chi connectivity index (χ3v) is 4.04. The van der Waals surface area contributed by atoms with Gasteiger partial charge in [0, 0.05) is 18.7 Å². The van der Waals surface area contributed by atoms with Gasteiger partial charge in [-0.15, -0.1) is 5.10 Å². The van der Waals surface area contributed by atoms with E-state index in [2.05, 4.69) is 20.6 Å².